The van der Waals surface area contributed by atoms with Crippen molar-refractivity contribution in [1.82, 2.24) is 0 Å². The summed E-state index contributed by atoms with van der Waals surface area (Å²) in [5, 5.41) is 0. The third kappa shape index (κ3) is 11.0. The highest BCUT2D eigenvalue weighted by Gasteiger charge is 2.29. The number of hydrogen-bond donors (Lipinski definition) is 0. The van der Waals surface area contributed by atoms with Crippen LogP contribution in [-0.4, -0.2) is 13.5 Å². The second-order valence-corrected chi connectivity index (χ2v) is 10.3. The van der Waals surface area contributed by atoms with Gasteiger partial charge in [0.05, 0.1) is 0 Å². The highest BCUT2D eigenvalue weighted by Crippen LogP contribution is 2.25. The Balaban J connectivity index is 3.32. The van der Waals surface area contributed by atoms with Crippen molar-refractivity contribution in [2.75, 3.05) is 6.61 Å². The van der Waals surface area contributed by atoms with E-state index in [1.165, 1.54) is 32.1 Å². The standard InChI is InChI=1S/C11H24Cl2OSi/c1-3-5-6-7-8-9-11-15(12,13)14-10-4-2/h3-11H2,1-2H3. The number of unbranched alkanes of at least 4 members (excludes halogenated alkanes) is 5. The van der Waals surface area contributed by atoms with E-state index in [-0.39, 0.29) is 0 Å². The first-order chi connectivity index (χ1) is 7.12. The van der Waals surface area contributed by atoms with Crippen LogP contribution in [0.5, 0.6) is 0 Å². The highest BCUT2D eigenvalue weighted by atomic mass is 35.7. The fourth-order valence-electron chi connectivity index (χ4n) is 1.43. The van der Waals surface area contributed by atoms with E-state index in [1.807, 2.05) is 0 Å². The average molecular weight is 271 g/mol. The van der Waals surface area contributed by atoms with E-state index in [4.69, 9.17) is 26.6 Å². The van der Waals surface area contributed by atoms with E-state index >= 15 is 0 Å². The molecule has 0 saturated carbocycles. The zero-order chi connectivity index (χ0) is 11.6. The molecule has 0 aromatic rings. The Kier molecular flexibility index (Phi) is 10.4. The summed E-state index contributed by atoms with van der Waals surface area (Å²) in [6.45, 7) is 2.66. The fraction of sp³-hybridized carbons (Fsp3) is 1.00. The zero-order valence-electron chi connectivity index (χ0n) is 10.0. The highest BCUT2D eigenvalue weighted by molar-refractivity contribution is 7.42. The molecular weight excluding hydrogens is 247 g/mol. The van der Waals surface area contributed by atoms with Crippen LogP contribution in [-0.2, 0) is 4.43 Å². The van der Waals surface area contributed by atoms with E-state index in [0.29, 0.717) is 6.61 Å². The van der Waals surface area contributed by atoms with Gasteiger partial charge in [-0.1, -0.05) is 52.4 Å². The molecule has 0 unspecified atom stereocenters. The van der Waals surface area contributed by atoms with Gasteiger partial charge in [-0.15, -0.1) is 22.2 Å². The molecule has 0 spiro atoms. The van der Waals surface area contributed by atoms with E-state index in [2.05, 4.69) is 13.8 Å². The Bertz CT molecular complexity index is 143. The van der Waals surface area contributed by atoms with Crippen molar-refractivity contribution in [1.29, 1.82) is 0 Å². The lowest BCUT2D eigenvalue weighted by molar-refractivity contribution is 0.322. The molecule has 4 heteroatoms. The second-order valence-electron chi connectivity index (χ2n) is 4.00. The average Bonchev–Trinajstić information content (AvgIpc) is 2.20. The summed E-state index contributed by atoms with van der Waals surface area (Å²) in [7, 11) is 0. The summed E-state index contributed by atoms with van der Waals surface area (Å²) in [6, 6.07) is 0.877. The Labute approximate surface area is 105 Å². The SMILES string of the molecule is CCCCCCCC[Si](Cl)(Cl)OCCC. The molecule has 0 amide bonds. The molecule has 15 heavy (non-hydrogen) atoms. The molecule has 0 radical (unpaired) electrons. The Morgan fingerprint density at radius 1 is 0.867 bits per heavy atom. The van der Waals surface area contributed by atoms with Crippen molar-refractivity contribution >= 4 is 29.1 Å². The minimum absolute atomic E-state index is 0.703. The molecule has 0 fully saturated rings. The van der Waals surface area contributed by atoms with Crippen LogP contribution in [0.15, 0.2) is 0 Å². The normalized spacial score (nSPS) is 12.0. The van der Waals surface area contributed by atoms with Gasteiger partial charge in [0.1, 0.15) is 0 Å². The number of rotatable bonds is 10. The molecule has 0 bridgehead atoms. The summed E-state index contributed by atoms with van der Waals surface area (Å²) in [4.78, 5) is 0. The molecule has 0 heterocycles. The van der Waals surface area contributed by atoms with Crippen LogP contribution >= 0.6 is 22.2 Å². The van der Waals surface area contributed by atoms with E-state index in [9.17, 15) is 0 Å². The van der Waals surface area contributed by atoms with Gasteiger partial charge in [0, 0.05) is 6.61 Å². The first-order valence-electron chi connectivity index (χ1n) is 6.14. The monoisotopic (exact) mass is 270 g/mol. The molecule has 0 rings (SSSR count). The van der Waals surface area contributed by atoms with Crippen LogP contribution in [0, 0.1) is 0 Å². The second kappa shape index (κ2) is 9.95. The van der Waals surface area contributed by atoms with Gasteiger partial charge in [0.2, 0.25) is 0 Å². The van der Waals surface area contributed by atoms with E-state index < -0.39 is 6.94 Å². The number of halogens is 2. The third-order valence-corrected chi connectivity index (χ3v) is 5.69. The molecule has 0 aliphatic heterocycles. The first kappa shape index (κ1) is 15.8. The number of hydrogen-bond acceptors (Lipinski definition) is 1. The smallest absolute Gasteiger partial charge is 0.389 e. The van der Waals surface area contributed by atoms with Crippen LogP contribution in [0.2, 0.25) is 6.04 Å². The van der Waals surface area contributed by atoms with Gasteiger partial charge in [-0.25, -0.2) is 0 Å². The summed E-state index contributed by atoms with van der Waals surface area (Å²) < 4.78 is 5.48. The minimum atomic E-state index is -2.35. The minimum Gasteiger partial charge on any atom is -0.392 e. The Morgan fingerprint density at radius 3 is 2.07 bits per heavy atom. The fourth-order valence-corrected chi connectivity index (χ4v) is 4.01. The maximum atomic E-state index is 6.14. The summed E-state index contributed by atoms with van der Waals surface area (Å²) >= 11 is 12.3. The van der Waals surface area contributed by atoms with Crippen molar-refractivity contribution in [3.8, 4) is 0 Å². The van der Waals surface area contributed by atoms with Crippen LogP contribution in [0.1, 0.15) is 58.8 Å². The van der Waals surface area contributed by atoms with Crippen LogP contribution in [0.4, 0.5) is 0 Å². The zero-order valence-corrected chi connectivity index (χ0v) is 12.5. The predicted octanol–water partition coefficient (Wildman–Crippen LogP) is 5.19. The van der Waals surface area contributed by atoms with E-state index in [0.717, 1.165) is 18.9 Å². The van der Waals surface area contributed by atoms with Gasteiger partial charge < -0.3 is 4.43 Å². The molecule has 0 aliphatic carbocycles. The van der Waals surface area contributed by atoms with E-state index in [1.54, 1.807) is 0 Å². The van der Waals surface area contributed by atoms with Crippen LogP contribution < -0.4 is 0 Å². The van der Waals surface area contributed by atoms with Crippen LogP contribution in [0.3, 0.4) is 0 Å². The van der Waals surface area contributed by atoms with Gasteiger partial charge in [-0.05, 0) is 12.5 Å². The first-order valence-corrected chi connectivity index (χ1v) is 10.3. The largest absolute Gasteiger partial charge is 0.392 e. The quantitative estimate of drug-likeness (QED) is 0.302. The predicted molar refractivity (Wildman–Crippen MR) is 71.9 cm³/mol. The molecule has 0 atom stereocenters. The van der Waals surface area contributed by atoms with Crippen molar-refractivity contribution in [2.45, 2.75) is 64.8 Å². The maximum Gasteiger partial charge on any atom is 0.389 e. The Morgan fingerprint density at radius 2 is 1.47 bits per heavy atom. The van der Waals surface area contributed by atoms with Crippen molar-refractivity contribution < 1.29 is 4.43 Å². The van der Waals surface area contributed by atoms with Gasteiger partial charge in [0.25, 0.3) is 0 Å². The molecule has 0 aromatic heterocycles. The van der Waals surface area contributed by atoms with Gasteiger partial charge >= 0.3 is 6.94 Å². The van der Waals surface area contributed by atoms with Crippen molar-refractivity contribution in [3.63, 3.8) is 0 Å². The third-order valence-electron chi connectivity index (χ3n) is 2.34. The van der Waals surface area contributed by atoms with Crippen molar-refractivity contribution in [2.24, 2.45) is 0 Å². The molecule has 1 nitrogen and oxygen atoms in total. The molecular formula is C11H24Cl2OSi. The lowest BCUT2D eigenvalue weighted by atomic mass is 10.1. The summed E-state index contributed by atoms with van der Waals surface area (Å²) in [6.07, 6.45) is 8.63. The summed E-state index contributed by atoms with van der Waals surface area (Å²) in [5.74, 6) is 0. The molecule has 0 aromatic carbocycles. The molecule has 92 valence electrons. The van der Waals surface area contributed by atoms with Gasteiger partial charge in [0.15, 0.2) is 0 Å². The van der Waals surface area contributed by atoms with Gasteiger partial charge in [-0.2, -0.15) is 0 Å². The molecule has 0 saturated heterocycles. The topological polar surface area (TPSA) is 9.23 Å². The molecule has 0 aliphatic rings. The summed E-state index contributed by atoms with van der Waals surface area (Å²) in [5.41, 5.74) is 0. The molecule has 0 N–H and O–H groups in total. The lowest BCUT2D eigenvalue weighted by Gasteiger charge is -2.16. The van der Waals surface area contributed by atoms with Crippen LogP contribution in [0.25, 0.3) is 0 Å². The lowest BCUT2D eigenvalue weighted by Crippen LogP contribution is -2.24. The maximum absolute atomic E-state index is 6.14. The van der Waals surface area contributed by atoms with Gasteiger partial charge in [-0.3, -0.25) is 0 Å². The Hall–Kier alpha value is 0.757. The van der Waals surface area contributed by atoms with Crippen molar-refractivity contribution in [3.05, 3.63) is 0 Å².